The van der Waals surface area contributed by atoms with E-state index >= 15 is 0 Å². The van der Waals surface area contributed by atoms with Crippen LogP contribution < -0.4 is 5.32 Å². The maximum Gasteiger partial charge on any atom is 0.320 e. The van der Waals surface area contributed by atoms with Gasteiger partial charge in [-0.15, -0.1) is 11.6 Å². The van der Waals surface area contributed by atoms with E-state index in [4.69, 9.17) is 16.7 Å². The SMILES string of the molecule is CC(C)C(NCCl)C(=O)O. The lowest BCUT2D eigenvalue weighted by Gasteiger charge is -2.15. The quantitative estimate of drug-likeness (QED) is 0.481. The molecule has 0 spiro atoms. The Morgan fingerprint density at radius 3 is 2.30 bits per heavy atom. The lowest BCUT2D eigenvalue weighted by Crippen LogP contribution is -2.40. The zero-order valence-corrected chi connectivity index (χ0v) is 6.85. The third kappa shape index (κ3) is 3.03. The summed E-state index contributed by atoms with van der Waals surface area (Å²) in [6.07, 6.45) is 0. The van der Waals surface area contributed by atoms with Crippen molar-refractivity contribution in [3.05, 3.63) is 0 Å². The maximum absolute atomic E-state index is 10.4. The molecule has 0 fully saturated rings. The number of hydrogen-bond donors (Lipinski definition) is 2. The molecule has 1 unspecified atom stereocenters. The van der Waals surface area contributed by atoms with Gasteiger partial charge >= 0.3 is 5.97 Å². The Morgan fingerprint density at radius 1 is 1.70 bits per heavy atom. The van der Waals surface area contributed by atoms with Gasteiger partial charge in [0.2, 0.25) is 0 Å². The number of nitrogens with one attached hydrogen (secondary N) is 1. The summed E-state index contributed by atoms with van der Waals surface area (Å²) in [6, 6.07) is -0.354. The molecule has 2 N–H and O–H groups in total. The summed E-state index contributed by atoms with van der Waals surface area (Å²) in [5.74, 6) is -0.785. The van der Waals surface area contributed by atoms with Crippen LogP contribution in [0.25, 0.3) is 0 Å². The number of aliphatic carboxylic acids is 1. The highest BCUT2D eigenvalue weighted by atomic mass is 35.5. The van der Waals surface area contributed by atoms with Crippen molar-refractivity contribution in [3.63, 3.8) is 0 Å². The highest BCUT2D eigenvalue weighted by Gasteiger charge is 2.19. The third-order valence-corrected chi connectivity index (χ3v) is 1.38. The minimum Gasteiger partial charge on any atom is -0.480 e. The molecule has 3 nitrogen and oxygen atoms in total. The molecule has 0 aromatic carbocycles. The van der Waals surface area contributed by atoms with Gasteiger partial charge in [-0.3, -0.25) is 10.1 Å². The van der Waals surface area contributed by atoms with Crippen LogP contribution >= 0.6 is 11.6 Å². The molecule has 0 saturated carbocycles. The standard InChI is InChI=1S/C6H12ClNO2/c1-4(2)5(6(9)10)8-3-7/h4-5,8H,3H2,1-2H3,(H,9,10). The monoisotopic (exact) mass is 165 g/mol. The van der Waals surface area contributed by atoms with Gasteiger partial charge in [0.05, 0.1) is 6.00 Å². The van der Waals surface area contributed by atoms with Crippen molar-refractivity contribution in [2.75, 3.05) is 6.00 Å². The Hall–Kier alpha value is -0.280. The van der Waals surface area contributed by atoms with Gasteiger partial charge in [0, 0.05) is 0 Å². The molecule has 0 aromatic rings. The fourth-order valence-electron chi connectivity index (χ4n) is 0.691. The van der Waals surface area contributed by atoms with E-state index < -0.39 is 12.0 Å². The lowest BCUT2D eigenvalue weighted by atomic mass is 10.1. The average Bonchev–Trinajstić information content (AvgIpc) is 1.81. The second-order valence-electron chi connectivity index (χ2n) is 2.40. The first-order chi connectivity index (χ1) is 4.59. The maximum atomic E-state index is 10.4. The average molecular weight is 166 g/mol. The van der Waals surface area contributed by atoms with E-state index in [1.165, 1.54) is 0 Å². The lowest BCUT2D eigenvalue weighted by molar-refractivity contribution is -0.140. The fourth-order valence-corrected chi connectivity index (χ4v) is 0.858. The first-order valence-corrected chi connectivity index (χ1v) is 3.65. The van der Waals surface area contributed by atoms with E-state index in [-0.39, 0.29) is 11.9 Å². The van der Waals surface area contributed by atoms with E-state index in [1.807, 2.05) is 13.8 Å². The van der Waals surface area contributed by atoms with Crippen LogP contribution in [0.4, 0.5) is 0 Å². The largest absolute Gasteiger partial charge is 0.480 e. The minimum atomic E-state index is -0.851. The number of carboxylic acids is 1. The number of carboxylic acid groups (broad SMARTS) is 1. The Bertz CT molecular complexity index is 116. The molecule has 0 rings (SSSR count). The second kappa shape index (κ2) is 4.52. The van der Waals surface area contributed by atoms with Gasteiger partial charge in [0.25, 0.3) is 0 Å². The van der Waals surface area contributed by atoms with Crippen molar-refractivity contribution < 1.29 is 9.90 Å². The summed E-state index contributed by atoms with van der Waals surface area (Å²) < 4.78 is 0. The fraction of sp³-hybridized carbons (Fsp3) is 0.833. The van der Waals surface area contributed by atoms with E-state index in [1.54, 1.807) is 0 Å². The van der Waals surface area contributed by atoms with Crippen molar-refractivity contribution >= 4 is 17.6 Å². The van der Waals surface area contributed by atoms with Gasteiger partial charge < -0.3 is 5.11 Å². The van der Waals surface area contributed by atoms with E-state index in [9.17, 15) is 4.79 Å². The van der Waals surface area contributed by atoms with Crippen molar-refractivity contribution in [1.29, 1.82) is 0 Å². The summed E-state index contributed by atoms with van der Waals surface area (Å²) in [4.78, 5) is 10.4. The molecular formula is C6H12ClNO2. The number of rotatable bonds is 4. The molecule has 0 aliphatic heterocycles. The van der Waals surface area contributed by atoms with Crippen molar-refractivity contribution in [2.24, 2.45) is 5.92 Å². The topological polar surface area (TPSA) is 49.3 Å². The van der Waals surface area contributed by atoms with Gasteiger partial charge in [-0.2, -0.15) is 0 Å². The molecule has 0 heterocycles. The Labute approximate surface area is 65.4 Å². The van der Waals surface area contributed by atoms with Crippen molar-refractivity contribution in [2.45, 2.75) is 19.9 Å². The highest BCUT2D eigenvalue weighted by Crippen LogP contribution is 2.00. The minimum absolute atomic E-state index is 0.0660. The first-order valence-electron chi connectivity index (χ1n) is 3.11. The molecular weight excluding hydrogens is 154 g/mol. The van der Waals surface area contributed by atoms with Crippen molar-refractivity contribution in [1.82, 2.24) is 5.32 Å². The van der Waals surface area contributed by atoms with Gasteiger partial charge in [-0.25, -0.2) is 0 Å². The molecule has 0 radical (unpaired) electrons. The van der Waals surface area contributed by atoms with Crippen LogP contribution in [0.5, 0.6) is 0 Å². The Morgan fingerprint density at radius 2 is 2.20 bits per heavy atom. The predicted molar refractivity (Wildman–Crippen MR) is 40.1 cm³/mol. The molecule has 0 aromatic heterocycles. The van der Waals surface area contributed by atoms with Crippen LogP contribution in [0.1, 0.15) is 13.8 Å². The van der Waals surface area contributed by atoms with Gasteiger partial charge in [0.15, 0.2) is 0 Å². The van der Waals surface area contributed by atoms with Gasteiger partial charge in [-0.05, 0) is 5.92 Å². The molecule has 0 aliphatic rings. The molecule has 0 aliphatic carbocycles. The number of alkyl halides is 1. The summed E-state index contributed by atoms with van der Waals surface area (Å²) >= 11 is 5.31. The first kappa shape index (κ1) is 9.72. The van der Waals surface area contributed by atoms with Crippen LogP contribution in [-0.4, -0.2) is 23.1 Å². The van der Waals surface area contributed by atoms with Crippen LogP contribution in [-0.2, 0) is 4.79 Å². The summed E-state index contributed by atoms with van der Waals surface area (Å²) in [7, 11) is 0. The summed E-state index contributed by atoms with van der Waals surface area (Å²) in [6.45, 7) is 3.66. The summed E-state index contributed by atoms with van der Waals surface area (Å²) in [5, 5.41) is 11.2. The van der Waals surface area contributed by atoms with E-state index in [2.05, 4.69) is 5.32 Å². The summed E-state index contributed by atoms with van der Waals surface area (Å²) in [5.41, 5.74) is 0. The van der Waals surface area contributed by atoms with Crippen LogP contribution in [0.15, 0.2) is 0 Å². The molecule has 1 atom stereocenters. The molecule has 4 heteroatoms. The van der Waals surface area contributed by atoms with Crippen LogP contribution in [0.2, 0.25) is 0 Å². The van der Waals surface area contributed by atoms with Gasteiger partial charge in [0.1, 0.15) is 6.04 Å². The van der Waals surface area contributed by atoms with E-state index in [0.29, 0.717) is 0 Å². The van der Waals surface area contributed by atoms with Crippen LogP contribution in [0.3, 0.4) is 0 Å². The number of hydrogen-bond acceptors (Lipinski definition) is 2. The molecule has 10 heavy (non-hydrogen) atoms. The smallest absolute Gasteiger partial charge is 0.320 e. The van der Waals surface area contributed by atoms with Crippen molar-refractivity contribution in [3.8, 4) is 0 Å². The van der Waals surface area contributed by atoms with Gasteiger partial charge in [-0.1, -0.05) is 13.8 Å². The predicted octanol–water partition coefficient (Wildman–Crippen LogP) is 0.881. The normalized spacial score (nSPS) is 13.6. The molecule has 0 amide bonds. The molecule has 0 saturated heterocycles. The number of carbonyl (C=O) groups is 1. The third-order valence-electron chi connectivity index (χ3n) is 1.23. The second-order valence-corrected chi connectivity index (χ2v) is 2.66. The zero-order valence-electron chi connectivity index (χ0n) is 6.10. The van der Waals surface area contributed by atoms with E-state index in [0.717, 1.165) is 0 Å². The molecule has 0 bridgehead atoms. The zero-order chi connectivity index (χ0) is 8.15. The number of halogens is 1. The Balaban J connectivity index is 3.85. The molecule has 60 valence electrons. The Kier molecular flexibility index (Phi) is 4.40. The van der Waals surface area contributed by atoms with Crippen LogP contribution in [0, 0.1) is 5.92 Å². The highest BCUT2D eigenvalue weighted by molar-refractivity contribution is 6.17.